The standard InChI is InChI=1S/C13H20ClN/c1-5-12(9(2)3)15-13-7-6-10(4)8-11(13)14/h6-9,12,15H,5H2,1-4H3. The summed E-state index contributed by atoms with van der Waals surface area (Å²) in [5.41, 5.74) is 2.24. The third-order valence-corrected chi connectivity index (χ3v) is 3.02. The van der Waals surface area contributed by atoms with Crippen molar-refractivity contribution >= 4 is 17.3 Å². The molecule has 1 atom stereocenters. The molecule has 0 saturated heterocycles. The zero-order valence-corrected chi connectivity index (χ0v) is 10.7. The molecule has 0 aliphatic rings. The molecule has 0 aliphatic heterocycles. The lowest BCUT2D eigenvalue weighted by Crippen LogP contribution is -2.24. The maximum absolute atomic E-state index is 6.17. The van der Waals surface area contributed by atoms with Crippen LogP contribution in [-0.4, -0.2) is 6.04 Å². The van der Waals surface area contributed by atoms with E-state index in [4.69, 9.17) is 11.6 Å². The molecule has 0 heterocycles. The van der Waals surface area contributed by atoms with Crippen LogP contribution in [0.25, 0.3) is 0 Å². The van der Waals surface area contributed by atoms with Gasteiger partial charge in [0, 0.05) is 6.04 Å². The van der Waals surface area contributed by atoms with E-state index in [0.717, 1.165) is 17.1 Å². The van der Waals surface area contributed by atoms with Crippen molar-refractivity contribution in [1.29, 1.82) is 0 Å². The molecule has 1 rings (SSSR count). The zero-order chi connectivity index (χ0) is 11.4. The van der Waals surface area contributed by atoms with Crippen LogP contribution in [0.3, 0.4) is 0 Å². The largest absolute Gasteiger partial charge is 0.381 e. The molecule has 2 heteroatoms. The molecule has 0 amide bonds. The minimum atomic E-state index is 0.491. The lowest BCUT2D eigenvalue weighted by atomic mass is 10.0. The van der Waals surface area contributed by atoms with Crippen LogP contribution in [0.2, 0.25) is 5.02 Å². The van der Waals surface area contributed by atoms with Gasteiger partial charge in [0.15, 0.2) is 0 Å². The Balaban J connectivity index is 2.79. The van der Waals surface area contributed by atoms with Crippen molar-refractivity contribution in [2.75, 3.05) is 5.32 Å². The highest BCUT2D eigenvalue weighted by Gasteiger charge is 2.11. The Morgan fingerprint density at radius 1 is 1.33 bits per heavy atom. The van der Waals surface area contributed by atoms with Gasteiger partial charge in [0.1, 0.15) is 0 Å². The summed E-state index contributed by atoms with van der Waals surface area (Å²) >= 11 is 6.17. The second kappa shape index (κ2) is 5.41. The van der Waals surface area contributed by atoms with Crippen LogP contribution in [0, 0.1) is 12.8 Å². The highest BCUT2D eigenvalue weighted by molar-refractivity contribution is 6.33. The first-order valence-electron chi connectivity index (χ1n) is 5.57. The van der Waals surface area contributed by atoms with E-state index in [9.17, 15) is 0 Å². The summed E-state index contributed by atoms with van der Waals surface area (Å²) < 4.78 is 0. The third kappa shape index (κ3) is 3.42. The van der Waals surface area contributed by atoms with Crippen molar-refractivity contribution < 1.29 is 0 Å². The van der Waals surface area contributed by atoms with Crippen molar-refractivity contribution in [3.63, 3.8) is 0 Å². The molecule has 1 unspecified atom stereocenters. The molecule has 1 aromatic rings. The fourth-order valence-corrected chi connectivity index (χ4v) is 1.97. The van der Waals surface area contributed by atoms with Crippen LogP contribution in [0.5, 0.6) is 0 Å². The number of aryl methyl sites for hydroxylation is 1. The molecule has 0 saturated carbocycles. The van der Waals surface area contributed by atoms with Gasteiger partial charge in [0.25, 0.3) is 0 Å². The monoisotopic (exact) mass is 225 g/mol. The molecular formula is C13H20ClN. The van der Waals surface area contributed by atoms with E-state index < -0.39 is 0 Å². The Hall–Kier alpha value is -0.690. The van der Waals surface area contributed by atoms with E-state index in [1.165, 1.54) is 5.56 Å². The average molecular weight is 226 g/mol. The highest BCUT2D eigenvalue weighted by Crippen LogP contribution is 2.25. The van der Waals surface area contributed by atoms with Gasteiger partial charge in [0.2, 0.25) is 0 Å². The van der Waals surface area contributed by atoms with Gasteiger partial charge in [-0.2, -0.15) is 0 Å². The number of anilines is 1. The van der Waals surface area contributed by atoms with Gasteiger partial charge in [-0.25, -0.2) is 0 Å². The maximum atomic E-state index is 6.17. The number of hydrogen-bond donors (Lipinski definition) is 1. The van der Waals surface area contributed by atoms with Crippen LogP contribution < -0.4 is 5.32 Å². The normalized spacial score (nSPS) is 12.9. The topological polar surface area (TPSA) is 12.0 Å². The first kappa shape index (κ1) is 12.4. The summed E-state index contributed by atoms with van der Waals surface area (Å²) in [5, 5.41) is 4.31. The first-order chi connectivity index (χ1) is 7.04. The summed E-state index contributed by atoms with van der Waals surface area (Å²) in [6, 6.07) is 6.63. The fourth-order valence-electron chi connectivity index (χ4n) is 1.68. The molecule has 1 nitrogen and oxygen atoms in total. The number of rotatable bonds is 4. The van der Waals surface area contributed by atoms with Gasteiger partial charge in [-0.3, -0.25) is 0 Å². The molecule has 0 bridgehead atoms. The average Bonchev–Trinajstić information content (AvgIpc) is 2.16. The fraction of sp³-hybridized carbons (Fsp3) is 0.538. The lowest BCUT2D eigenvalue weighted by molar-refractivity contribution is 0.511. The van der Waals surface area contributed by atoms with Crippen LogP contribution in [0.4, 0.5) is 5.69 Å². The van der Waals surface area contributed by atoms with Crippen LogP contribution in [-0.2, 0) is 0 Å². The summed E-state index contributed by atoms with van der Waals surface area (Å²) in [7, 11) is 0. The Morgan fingerprint density at radius 2 is 2.00 bits per heavy atom. The van der Waals surface area contributed by atoms with Crippen molar-refractivity contribution in [1.82, 2.24) is 0 Å². The smallest absolute Gasteiger partial charge is 0.0640 e. The van der Waals surface area contributed by atoms with Gasteiger partial charge in [-0.05, 0) is 37.0 Å². The van der Waals surface area contributed by atoms with Crippen LogP contribution >= 0.6 is 11.6 Å². The van der Waals surface area contributed by atoms with E-state index in [0.29, 0.717) is 12.0 Å². The molecule has 1 N–H and O–H groups in total. The first-order valence-corrected chi connectivity index (χ1v) is 5.95. The Bertz CT molecular complexity index is 320. The number of nitrogens with one attached hydrogen (secondary N) is 1. The highest BCUT2D eigenvalue weighted by atomic mass is 35.5. The molecule has 15 heavy (non-hydrogen) atoms. The predicted molar refractivity (Wildman–Crippen MR) is 68.7 cm³/mol. The molecular weight excluding hydrogens is 206 g/mol. The number of hydrogen-bond acceptors (Lipinski definition) is 1. The summed E-state index contributed by atoms with van der Waals surface area (Å²) in [6.45, 7) is 8.70. The van der Waals surface area contributed by atoms with E-state index in [2.05, 4.69) is 45.1 Å². The molecule has 0 aliphatic carbocycles. The minimum Gasteiger partial charge on any atom is -0.381 e. The van der Waals surface area contributed by atoms with E-state index in [1.807, 2.05) is 6.07 Å². The minimum absolute atomic E-state index is 0.491. The van der Waals surface area contributed by atoms with Crippen molar-refractivity contribution in [3.05, 3.63) is 28.8 Å². The molecule has 1 aromatic carbocycles. The van der Waals surface area contributed by atoms with E-state index in [1.54, 1.807) is 0 Å². The third-order valence-electron chi connectivity index (χ3n) is 2.71. The summed E-state index contributed by atoms with van der Waals surface area (Å²) in [4.78, 5) is 0. The quantitative estimate of drug-likeness (QED) is 0.796. The second-order valence-electron chi connectivity index (χ2n) is 4.39. The Labute approximate surface area is 97.8 Å². The van der Waals surface area contributed by atoms with Gasteiger partial charge in [-0.1, -0.05) is 38.4 Å². The maximum Gasteiger partial charge on any atom is 0.0640 e. The van der Waals surface area contributed by atoms with E-state index >= 15 is 0 Å². The van der Waals surface area contributed by atoms with Crippen molar-refractivity contribution in [2.24, 2.45) is 5.92 Å². The van der Waals surface area contributed by atoms with Crippen molar-refractivity contribution in [3.8, 4) is 0 Å². The number of benzene rings is 1. The van der Waals surface area contributed by atoms with Gasteiger partial charge in [-0.15, -0.1) is 0 Å². The lowest BCUT2D eigenvalue weighted by Gasteiger charge is -2.22. The summed E-state index contributed by atoms with van der Waals surface area (Å²) in [5.74, 6) is 0.618. The summed E-state index contributed by atoms with van der Waals surface area (Å²) in [6.07, 6.45) is 1.11. The van der Waals surface area contributed by atoms with Gasteiger partial charge in [0.05, 0.1) is 10.7 Å². The van der Waals surface area contributed by atoms with Gasteiger partial charge < -0.3 is 5.32 Å². The van der Waals surface area contributed by atoms with Crippen LogP contribution in [0.15, 0.2) is 18.2 Å². The molecule has 84 valence electrons. The van der Waals surface area contributed by atoms with Gasteiger partial charge >= 0.3 is 0 Å². The Morgan fingerprint density at radius 3 is 2.47 bits per heavy atom. The molecule has 0 fully saturated rings. The molecule has 0 radical (unpaired) electrons. The van der Waals surface area contributed by atoms with E-state index in [-0.39, 0.29) is 0 Å². The SMILES string of the molecule is CCC(Nc1ccc(C)cc1Cl)C(C)C. The second-order valence-corrected chi connectivity index (χ2v) is 4.79. The molecule has 0 spiro atoms. The zero-order valence-electron chi connectivity index (χ0n) is 9.97. The predicted octanol–water partition coefficient (Wildman–Crippen LogP) is 4.49. The number of halogens is 1. The molecule has 0 aromatic heterocycles. The Kier molecular flexibility index (Phi) is 4.46. The van der Waals surface area contributed by atoms with Crippen LogP contribution in [0.1, 0.15) is 32.8 Å². The van der Waals surface area contributed by atoms with Crippen molar-refractivity contribution in [2.45, 2.75) is 40.2 Å².